The smallest absolute Gasteiger partial charge is 0.277 e. The van der Waals surface area contributed by atoms with E-state index in [1.807, 2.05) is 0 Å². The van der Waals surface area contributed by atoms with E-state index in [1.165, 1.54) is 41.1 Å². The molecule has 0 aliphatic heterocycles. The molecular weight excluding hydrogens is 504 g/mol. The van der Waals surface area contributed by atoms with Gasteiger partial charge in [0.05, 0.1) is 21.2 Å². The van der Waals surface area contributed by atoms with E-state index in [9.17, 15) is 23.3 Å². The van der Waals surface area contributed by atoms with Gasteiger partial charge in [0.15, 0.2) is 5.69 Å². The van der Waals surface area contributed by atoms with Crippen molar-refractivity contribution in [3.63, 3.8) is 0 Å². The summed E-state index contributed by atoms with van der Waals surface area (Å²) in [6, 6.07) is 30.5. The fourth-order valence-corrected chi connectivity index (χ4v) is 5.58. The molecule has 9 nitrogen and oxygen atoms in total. The van der Waals surface area contributed by atoms with Gasteiger partial charge in [-0.1, -0.05) is 54.6 Å². The molecule has 1 aromatic heterocycles. The van der Waals surface area contributed by atoms with Crippen molar-refractivity contribution in [3.05, 3.63) is 131 Å². The van der Waals surface area contributed by atoms with E-state index in [1.54, 1.807) is 78.9 Å². The Morgan fingerprint density at radius 1 is 0.789 bits per heavy atom. The zero-order valence-electron chi connectivity index (χ0n) is 19.8. The van der Waals surface area contributed by atoms with Gasteiger partial charge in [-0.2, -0.15) is 5.10 Å². The molecule has 38 heavy (non-hydrogen) atoms. The Morgan fingerprint density at radius 2 is 1.34 bits per heavy atom. The molecular formula is C28H20N4O5S. The van der Waals surface area contributed by atoms with Gasteiger partial charge in [0.2, 0.25) is 9.84 Å². The summed E-state index contributed by atoms with van der Waals surface area (Å²) in [4.78, 5) is 23.9. The van der Waals surface area contributed by atoms with Gasteiger partial charge in [0.1, 0.15) is 4.90 Å². The van der Waals surface area contributed by atoms with Crippen LogP contribution in [0.4, 0.5) is 11.4 Å². The summed E-state index contributed by atoms with van der Waals surface area (Å²) in [5, 5.41) is 18.5. The lowest BCUT2D eigenvalue weighted by Gasteiger charge is -2.11. The molecule has 0 aliphatic rings. The first-order valence-electron chi connectivity index (χ1n) is 11.5. The van der Waals surface area contributed by atoms with Crippen LogP contribution in [0.15, 0.2) is 125 Å². The predicted octanol–water partition coefficient (Wildman–Crippen LogP) is 5.53. The number of amides is 1. The molecule has 4 aromatic carbocycles. The van der Waals surface area contributed by atoms with Crippen LogP contribution >= 0.6 is 0 Å². The third-order valence-electron chi connectivity index (χ3n) is 5.76. The summed E-state index contributed by atoms with van der Waals surface area (Å²) in [5.74, 6) is -0.719. The molecule has 0 saturated heterocycles. The number of hydrogen-bond donors (Lipinski definition) is 1. The first-order chi connectivity index (χ1) is 18.4. The number of nitrogens with zero attached hydrogens (tertiary/aromatic N) is 3. The van der Waals surface area contributed by atoms with Gasteiger partial charge >= 0.3 is 0 Å². The van der Waals surface area contributed by atoms with E-state index < -0.39 is 20.7 Å². The standard InChI is InChI=1S/C28H20N4O5S/c33-28(29-21-10-4-1-5-11-21)25-27(38(36,37)24-14-8-3-9-15-24)26(20-16-18-23(19-17-20)32(34)35)31(30-25)22-12-6-2-7-13-22/h1-19H,(H,29,33). The lowest BCUT2D eigenvalue weighted by atomic mass is 10.1. The second-order valence-corrected chi connectivity index (χ2v) is 10.1. The number of nitro groups is 1. The molecule has 1 N–H and O–H groups in total. The highest BCUT2D eigenvalue weighted by molar-refractivity contribution is 7.91. The largest absolute Gasteiger partial charge is 0.321 e. The fourth-order valence-electron chi connectivity index (χ4n) is 3.99. The monoisotopic (exact) mass is 524 g/mol. The van der Waals surface area contributed by atoms with Gasteiger partial charge in [0, 0.05) is 23.4 Å². The van der Waals surface area contributed by atoms with Gasteiger partial charge in [-0.05, 0) is 48.5 Å². The van der Waals surface area contributed by atoms with E-state index in [-0.39, 0.29) is 26.9 Å². The van der Waals surface area contributed by atoms with E-state index in [0.717, 1.165) is 0 Å². The first-order valence-corrected chi connectivity index (χ1v) is 12.9. The molecule has 0 atom stereocenters. The summed E-state index contributed by atoms with van der Waals surface area (Å²) in [5.41, 5.74) is 0.938. The van der Waals surface area contributed by atoms with Crippen LogP contribution in [0.1, 0.15) is 10.5 Å². The summed E-state index contributed by atoms with van der Waals surface area (Å²) in [6.45, 7) is 0. The Morgan fingerprint density at radius 3 is 1.92 bits per heavy atom. The Balaban J connectivity index is 1.81. The number of hydrogen-bond acceptors (Lipinski definition) is 6. The average molecular weight is 525 g/mol. The van der Waals surface area contributed by atoms with Crippen molar-refractivity contribution in [2.45, 2.75) is 9.79 Å². The van der Waals surface area contributed by atoms with E-state index in [4.69, 9.17) is 0 Å². The SMILES string of the molecule is O=C(Nc1ccccc1)c1nn(-c2ccccc2)c(-c2ccc([N+](=O)[O-])cc2)c1S(=O)(=O)c1ccccc1. The van der Waals surface area contributed by atoms with Crippen molar-refractivity contribution in [2.75, 3.05) is 5.32 Å². The maximum absolute atomic E-state index is 14.1. The van der Waals surface area contributed by atoms with E-state index in [0.29, 0.717) is 16.9 Å². The summed E-state index contributed by atoms with van der Waals surface area (Å²) < 4.78 is 29.5. The van der Waals surface area contributed by atoms with Crippen LogP contribution in [-0.4, -0.2) is 29.0 Å². The van der Waals surface area contributed by atoms with Gasteiger partial charge in [-0.25, -0.2) is 13.1 Å². The minimum absolute atomic E-state index is 0.0236. The van der Waals surface area contributed by atoms with Crippen molar-refractivity contribution >= 4 is 27.1 Å². The second kappa shape index (κ2) is 10.1. The third kappa shape index (κ3) is 4.67. The lowest BCUT2D eigenvalue weighted by Crippen LogP contribution is -2.17. The number of nitro benzene ring substituents is 1. The van der Waals surface area contributed by atoms with Crippen molar-refractivity contribution in [1.29, 1.82) is 0 Å². The average Bonchev–Trinajstić information content (AvgIpc) is 3.36. The number of carbonyl (C=O) groups is 1. The number of nitrogens with one attached hydrogen (secondary N) is 1. The zero-order chi connectivity index (χ0) is 26.7. The highest BCUT2D eigenvalue weighted by Gasteiger charge is 2.35. The number of aromatic nitrogens is 2. The lowest BCUT2D eigenvalue weighted by molar-refractivity contribution is -0.384. The molecule has 0 spiro atoms. The Labute approximate surface area is 218 Å². The van der Waals surface area contributed by atoms with Gasteiger partial charge < -0.3 is 5.32 Å². The molecule has 5 aromatic rings. The zero-order valence-corrected chi connectivity index (χ0v) is 20.6. The van der Waals surface area contributed by atoms with Crippen LogP contribution in [0, 0.1) is 10.1 Å². The molecule has 10 heteroatoms. The van der Waals surface area contributed by atoms with Gasteiger partial charge in [0.25, 0.3) is 11.6 Å². The fraction of sp³-hybridized carbons (Fsp3) is 0. The molecule has 0 saturated carbocycles. The first kappa shape index (κ1) is 24.6. The quantitative estimate of drug-likeness (QED) is 0.220. The van der Waals surface area contributed by atoms with Crippen LogP contribution in [0.3, 0.4) is 0 Å². The highest BCUT2D eigenvalue weighted by atomic mass is 32.2. The normalized spacial score (nSPS) is 11.2. The number of non-ortho nitro benzene ring substituents is 1. The van der Waals surface area contributed by atoms with Gasteiger partial charge in [-0.15, -0.1) is 0 Å². The van der Waals surface area contributed by atoms with Crippen LogP contribution in [0.2, 0.25) is 0 Å². The number of rotatable bonds is 7. The molecule has 0 unspecified atom stereocenters. The van der Waals surface area contributed by atoms with Crippen molar-refractivity contribution in [3.8, 4) is 16.9 Å². The number of carbonyl (C=O) groups excluding carboxylic acids is 1. The summed E-state index contributed by atoms with van der Waals surface area (Å²) in [6.07, 6.45) is 0. The van der Waals surface area contributed by atoms with Crippen LogP contribution < -0.4 is 5.32 Å². The Hall–Kier alpha value is -5.09. The number of sulfone groups is 1. The van der Waals surface area contributed by atoms with Crippen LogP contribution in [0.25, 0.3) is 16.9 Å². The summed E-state index contributed by atoms with van der Waals surface area (Å²) in [7, 11) is -4.28. The van der Waals surface area contributed by atoms with Crippen molar-refractivity contribution in [1.82, 2.24) is 9.78 Å². The number of benzene rings is 4. The summed E-state index contributed by atoms with van der Waals surface area (Å²) >= 11 is 0. The van der Waals surface area contributed by atoms with Crippen LogP contribution in [-0.2, 0) is 9.84 Å². The molecule has 1 heterocycles. The van der Waals surface area contributed by atoms with Crippen molar-refractivity contribution < 1.29 is 18.1 Å². The van der Waals surface area contributed by atoms with Crippen LogP contribution in [0.5, 0.6) is 0 Å². The maximum Gasteiger partial charge on any atom is 0.277 e. The molecule has 1 amide bonds. The molecule has 0 fully saturated rings. The second-order valence-electron chi connectivity index (χ2n) is 8.21. The number of para-hydroxylation sites is 2. The van der Waals surface area contributed by atoms with E-state index >= 15 is 0 Å². The molecule has 0 bridgehead atoms. The molecule has 5 rings (SSSR count). The van der Waals surface area contributed by atoms with E-state index in [2.05, 4.69) is 10.4 Å². The maximum atomic E-state index is 14.1. The predicted molar refractivity (Wildman–Crippen MR) is 142 cm³/mol. The minimum Gasteiger partial charge on any atom is -0.321 e. The van der Waals surface area contributed by atoms with Gasteiger partial charge in [-0.3, -0.25) is 14.9 Å². The third-order valence-corrected chi connectivity index (χ3v) is 7.58. The minimum atomic E-state index is -4.28. The molecule has 0 radical (unpaired) electrons. The Bertz CT molecular complexity index is 1720. The molecule has 188 valence electrons. The Kier molecular flexibility index (Phi) is 6.55. The van der Waals surface area contributed by atoms with Crippen molar-refractivity contribution in [2.24, 2.45) is 0 Å². The topological polar surface area (TPSA) is 124 Å². The number of anilines is 1. The molecule has 0 aliphatic carbocycles. The highest BCUT2D eigenvalue weighted by Crippen LogP contribution is 2.37.